The van der Waals surface area contributed by atoms with Gasteiger partial charge >= 0.3 is 0 Å². The lowest BCUT2D eigenvalue weighted by atomic mass is 9.95. The molecule has 0 fully saturated rings. The van der Waals surface area contributed by atoms with Gasteiger partial charge in [0.15, 0.2) is 0 Å². The first-order valence-electron chi connectivity index (χ1n) is 22.7. The molecule has 0 radical (unpaired) electrons. The Morgan fingerprint density at radius 1 is 0.723 bits per heavy atom. The van der Waals surface area contributed by atoms with Crippen molar-refractivity contribution in [2.75, 3.05) is 14.2 Å². The number of aryl methyl sites for hydroxylation is 1. The zero-order chi connectivity index (χ0) is 49.8. The standard InChI is InChI=1S/C39H39N.C7H16O.C7H12.C6H14O.C2H5N/c1-8-34(26-22-30(4)36-16-12-10-13-17-36)33(7)40-39(28-32(6)38-24-20-29(3)21-25-38)35(9-2)27-23-31(5)37-18-14-11-15-19-37;1-6(2)7(3,4)8-5;1-3-5-7-6-4-2;1-5-6(2,3)7-4;1-2-3/h8-28H,1,5,7H2,2-4,6H3;6H,1-5H3;3,5-7H,4H2,1-2H3;5H2,1-4H3;2H,1,3H2/b27-23-,30-22+,32-28+,34-26+,35-9+,40-39?;;5-3-,7-6-;;. The number of methoxy groups -OCH3 is 2. The minimum absolute atomic E-state index is 0.0417. The van der Waals surface area contributed by atoms with Crippen LogP contribution in [-0.4, -0.2) is 31.1 Å². The summed E-state index contributed by atoms with van der Waals surface area (Å²) in [6.07, 6.45) is 25.9. The summed E-state index contributed by atoms with van der Waals surface area (Å²) in [5.74, 6) is 0.590. The van der Waals surface area contributed by atoms with Crippen molar-refractivity contribution < 1.29 is 9.47 Å². The van der Waals surface area contributed by atoms with Gasteiger partial charge in [0.05, 0.1) is 22.6 Å². The van der Waals surface area contributed by atoms with Gasteiger partial charge < -0.3 is 15.2 Å². The minimum atomic E-state index is 0.0417. The third-order valence-corrected chi connectivity index (χ3v) is 10.6. The third kappa shape index (κ3) is 27.9. The second-order valence-corrected chi connectivity index (χ2v) is 16.5. The zero-order valence-electron chi connectivity index (χ0n) is 43.2. The van der Waals surface area contributed by atoms with E-state index in [-0.39, 0.29) is 11.2 Å². The Bertz CT molecular complexity index is 2060. The third-order valence-electron chi connectivity index (χ3n) is 10.6. The van der Waals surface area contributed by atoms with Crippen LogP contribution in [0.4, 0.5) is 0 Å². The maximum absolute atomic E-state index is 5.20. The summed E-state index contributed by atoms with van der Waals surface area (Å²) in [7, 11) is 3.49. The highest BCUT2D eigenvalue weighted by Crippen LogP contribution is 2.22. The molecule has 2 N–H and O–H groups in total. The molecule has 3 rings (SSSR count). The van der Waals surface area contributed by atoms with E-state index in [2.05, 4.69) is 193 Å². The van der Waals surface area contributed by atoms with E-state index >= 15 is 0 Å². The number of rotatable bonds is 17. The van der Waals surface area contributed by atoms with Gasteiger partial charge in [0, 0.05) is 14.2 Å². The van der Waals surface area contributed by atoms with Crippen LogP contribution in [0.5, 0.6) is 0 Å². The van der Waals surface area contributed by atoms with Crippen LogP contribution in [0.15, 0.2) is 206 Å². The molecule has 0 unspecified atom stereocenters. The van der Waals surface area contributed by atoms with E-state index in [0.717, 1.165) is 57.5 Å². The SMILES string of the molecule is C/C=C\C=C/CC.C=C/C(=C\C=C(/C)c1ccccc1)C(=C)N=C(/C=C(\C)c1ccc(C)cc1)C(/C=C\C(=C)c1ccccc1)=C/C.C=CN.CCC(C)(C)OC.COC(C)(C)C(C)C. The fourth-order valence-electron chi connectivity index (χ4n) is 4.76. The molecular weight excluding hydrogens is 793 g/mol. The van der Waals surface area contributed by atoms with E-state index in [9.17, 15) is 0 Å². The number of hydrogen-bond acceptors (Lipinski definition) is 4. The Balaban J connectivity index is 0. The van der Waals surface area contributed by atoms with E-state index in [1.165, 1.54) is 17.3 Å². The Morgan fingerprint density at radius 2 is 1.25 bits per heavy atom. The first-order chi connectivity index (χ1) is 30.8. The van der Waals surface area contributed by atoms with Gasteiger partial charge in [-0.15, -0.1) is 0 Å². The van der Waals surface area contributed by atoms with Crippen LogP contribution < -0.4 is 5.73 Å². The zero-order valence-corrected chi connectivity index (χ0v) is 43.2. The number of benzene rings is 3. The molecule has 0 aliphatic heterocycles. The average Bonchev–Trinajstić information content (AvgIpc) is 3.31. The van der Waals surface area contributed by atoms with Crippen molar-refractivity contribution in [3.8, 4) is 0 Å². The Morgan fingerprint density at radius 3 is 1.65 bits per heavy atom. The molecule has 4 heteroatoms. The van der Waals surface area contributed by atoms with Gasteiger partial charge in [-0.2, -0.15) is 0 Å². The summed E-state index contributed by atoms with van der Waals surface area (Å²) < 4.78 is 10.3. The molecular formula is C61H86N2O2. The quantitative estimate of drug-likeness (QED) is 0.109. The number of allylic oxidation sites excluding steroid dienone is 15. The van der Waals surface area contributed by atoms with Crippen molar-refractivity contribution in [1.29, 1.82) is 0 Å². The Labute approximate surface area is 398 Å². The van der Waals surface area contributed by atoms with Crippen molar-refractivity contribution in [2.45, 2.75) is 114 Å². The molecule has 0 amide bonds. The molecule has 4 nitrogen and oxygen atoms in total. The van der Waals surface area contributed by atoms with Crippen LogP contribution in [-0.2, 0) is 9.47 Å². The van der Waals surface area contributed by atoms with E-state index < -0.39 is 0 Å². The summed E-state index contributed by atoms with van der Waals surface area (Å²) in [5, 5.41) is 0. The van der Waals surface area contributed by atoms with Crippen LogP contribution in [0, 0.1) is 12.8 Å². The molecule has 0 aliphatic carbocycles. The van der Waals surface area contributed by atoms with Crippen molar-refractivity contribution in [3.05, 3.63) is 223 Å². The first kappa shape index (κ1) is 61.3. The summed E-state index contributed by atoms with van der Waals surface area (Å²) in [6.45, 7) is 43.0. The first-order valence-corrected chi connectivity index (χ1v) is 22.7. The van der Waals surface area contributed by atoms with E-state index in [4.69, 9.17) is 14.5 Å². The summed E-state index contributed by atoms with van der Waals surface area (Å²) >= 11 is 0. The normalized spacial score (nSPS) is 12.6. The van der Waals surface area contributed by atoms with Gasteiger partial charge in [0.25, 0.3) is 0 Å². The highest BCUT2D eigenvalue weighted by Gasteiger charge is 2.20. The lowest BCUT2D eigenvalue weighted by molar-refractivity contribution is -0.0157. The van der Waals surface area contributed by atoms with Crippen LogP contribution in [0.2, 0.25) is 0 Å². The second kappa shape index (κ2) is 35.5. The van der Waals surface area contributed by atoms with Gasteiger partial charge in [-0.05, 0) is 138 Å². The number of nitrogens with two attached hydrogens (primary N) is 1. The predicted molar refractivity (Wildman–Crippen MR) is 294 cm³/mol. The molecule has 65 heavy (non-hydrogen) atoms. The highest BCUT2D eigenvalue weighted by atomic mass is 16.5. The van der Waals surface area contributed by atoms with Gasteiger partial charge in [-0.3, -0.25) is 0 Å². The Kier molecular flexibility index (Phi) is 33.5. The summed E-state index contributed by atoms with van der Waals surface area (Å²) in [4.78, 5) is 5.03. The van der Waals surface area contributed by atoms with Gasteiger partial charge in [-0.1, -0.05) is 205 Å². The molecule has 3 aromatic carbocycles. The van der Waals surface area contributed by atoms with Gasteiger partial charge in [0.1, 0.15) is 0 Å². The fraction of sp³-hybridized carbons (Fsp3) is 0.328. The van der Waals surface area contributed by atoms with Crippen LogP contribution in [0.3, 0.4) is 0 Å². The molecule has 0 atom stereocenters. The molecule has 0 aliphatic rings. The monoisotopic (exact) mass is 879 g/mol. The predicted octanol–water partition coefficient (Wildman–Crippen LogP) is 17.3. The number of nitrogens with zero attached hydrogens (tertiary/aromatic N) is 1. The molecule has 3 aromatic rings. The summed E-state index contributed by atoms with van der Waals surface area (Å²) in [5.41, 5.74) is 15.9. The van der Waals surface area contributed by atoms with Crippen LogP contribution >= 0.6 is 0 Å². The highest BCUT2D eigenvalue weighted by molar-refractivity contribution is 6.14. The van der Waals surface area contributed by atoms with E-state index in [1.807, 2.05) is 74.5 Å². The Hall–Kier alpha value is -5.81. The lowest BCUT2D eigenvalue weighted by Crippen LogP contribution is -2.29. The maximum Gasteiger partial charge on any atom is 0.0708 e. The molecule has 352 valence electrons. The van der Waals surface area contributed by atoms with Crippen molar-refractivity contribution in [3.63, 3.8) is 0 Å². The van der Waals surface area contributed by atoms with Gasteiger partial charge in [-0.25, -0.2) is 4.99 Å². The van der Waals surface area contributed by atoms with Crippen LogP contribution in [0.1, 0.15) is 118 Å². The lowest BCUT2D eigenvalue weighted by Gasteiger charge is -2.26. The molecule has 0 spiro atoms. The molecule has 0 saturated carbocycles. The second-order valence-electron chi connectivity index (χ2n) is 16.5. The van der Waals surface area contributed by atoms with Crippen molar-refractivity contribution in [1.82, 2.24) is 0 Å². The smallest absolute Gasteiger partial charge is 0.0708 e. The number of aliphatic imine (C=N–C) groups is 1. The number of hydrogen-bond donors (Lipinski definition) is 1. The molecule has 0 aromatic heterocycles. The number of ether oxygens (including phenoxy) is 2. The molecule has 0 heterocycles. The topological polar surface area (TPSA) is 56.8 Å². The maximum atomic E-state index is 5.20. The van der Waals surface area contributed by atoms with E-state index in [0.29, 0.717) is 11.6 Å². The van der Waals surface area contributed by atoms with Gasteiger partial charge in [0.2, 0.25) is 0 Å². The molecule has 0 bridgehead atoms. The fourth-order valence-corrected chi connectivity index (χ4v) is 4.76. The van der Waals surface area contributed by atoms with Crippen LogP contribution in [0.25, 0.3) is 16.7 Å². The van der Waals surface area contributed by atoms with Crippen molar-refractivity contribution >= 4 is 22.4 Å². The molecule has 0 saturated heterocycles. The minimum Gasteiger partial charge on any atom is -0.405 e. The summed E-state index contributed by atoms with van der Waals surface area (Å²) in [6, 6.07) is 29.0. The van der Waals surface area contributed by atoms with Crippen molar-refractivity contribution in [2.24, 2.45) is 16.6 Å². The van der Waals surface area contributed by atoms with E-state index in [1.54, 1.807) is 20.3 Å². The average molecular weight is 879 g/mol. The largest absolute Gasteiger partial charge is 0.405 e.